The van der Waals surface area contributed by atoms with E-state index in [4.69, 9.17) is 10.3 Å². The van der Waals surface area contributed by atoms with Gasteiger partial charge in [-0.3, -0.25) is 9.77 Å². The lowest BCUT2D eigenvalue weighted by Gasteiger charge is -2.17. The number of aliphatic hydroxyl groups excluding tert-OH is 3. The van der Waals surface area contributed by atoms with E-state index in [9.17, 15) is 19.4 Å². The topological polar surface area (TPSA) is 128 Å². The lowest BCUT2D eigenvalue weighted by atomic mass is 10.1. The fourth-order valence-electron chi connectivity index (χ4n) is 1.82. The minimum absolute atomic E-state index is 0.389. The van der Waals surface area contributed by atoms with E-state index in [1.807, 2.05) is 0 Å². The highest BCUT2D eigenvalue weighted by Gasteiger charge is 2.43. The number of rotatable bonds is 3. The highest BCUT2D eigenvalue weighted by molar-refractivity contribution is 8.00. The Bertz CT molecular complexity index is 527. The van der Waals surface area contributed by atoms with Gasteiger partial charge in [-0.15, -0.1) is 11.8 Å². The van der Waals surface area contributed by atoms with Gasteiger partial charge in [0, 0.05) is 6.20 Å². The molecule has 0 aliphatic carbocycles. The number of hydrogen-bond acceptors (Lipinski definition) is 8. The molecule has 1 fully saturated rings. The maximum atomic E-state index is 13.4. The second kappa shape index (κ2) is 5.43. The Morgan fingerprint density at radius 3 is 2.68 bits per heavy atom. The van der Waals surface area contributed by atoms with Gasteiger partial charge in [0.05, 0.1) is 18.0 Å². The molecule has 4 atom stereocenters. The molecule has 19 heavy (non-hydrogen) atoms. The molecule has 5 N–H and O–H groups in total. The zero-order valence-corrected chi connectivity index (χ0v) is 10.3. The van der Waals surface area contributed by atoms with Gasteiger partial charge in [0.15, 0.2) is 11.6 Å². The Labute approximate surface area is 110 Å². The fourth-order valence-corrected chi connectivity index (χ4v) is 3.19. The van der Waals surface area contributed by atoms with E-state index in [-0.39, 0.29) is 6.61 Å². The second-order valence-electron chi connectivity index (χ2n) is 3.97. The maximum absolute atomic E-state index is 13.4. The van der Waals surface area contributed by atoms with Crippen LogP contribution >= 0.6 is 11.8 Å². The Kier molecular flexibility index (Phi) is 4.06. The summed E-state index contributed by atoms with van der Waals surface area (Å²) < 4.78 is 14.2. The van der Waals surface area contributed by atoms with Gasteiger partial charge in [-0.2, -0.15) is 4.98 Å². The molecule has 0 amide bonds. The van der Waals surface area contributed by atoms with Crippen LogP contribution < -0.4 is 11.2 Å². The number of thioether (sulfide) groups is 1. The Morgan fingerprint density at radius 2 is 2.16 bits per heavy atom. The largest absolute Gasteiger partial charge is 0.395 e. The number of aromatic nitrogens is 2. The molecule has 8 nitrogen and oxygen atoms in total. The first kappa shape index (κ1) is 14.2. The van der Waals surface area contributed by atoms with Gasteiger partial charge in [0.1, 0.15) is 11.5 Å². The third kappa shape index (κ3) is 2.44. The van der Waals surface area contributed by atoms with Crippen molar-refractivity contribution in [2.75, 3.05) is 12.1 Å². The van der Waals surface area contributed by atoms with Gasteiger partial charge in [0.2, 0.25) is 0 Å². The van der Waals surface area contributed by atoms with E-state index in [0.717, 1.165) is 22.5 Å². The van der Waals surface area contributed by atoms with Gasteiger partial charge >= 0.3 is 5.69 Å². The molecule has 2 rings (SSSR count). The molecule has 10 heteroatoms. The summed E-state index contributed by atoms with van der Waals surface area (Å²) in [5.41, 5.74) is 0.533. The van der Waals surface area contributed by atoms with Crippen molar-refractivity contribution in [3.05, 3.63) is 22.5 Å². The number of hydrogen-bond donors (Lipinski definition) is 5. The fraction of sp³-hybridized carbons (Fsp3) is 0.556. The number of aliphatic hydroxyl groups is 3. The van der Waals surface area contributed by atoms with Gasteiger partial charge in [-0.05, 0) is 0 Å². The number of nitrogens with zero attached hydrogens (tertiary/aromatic N) is 2. The Hall–Kier alpha value is -1.20. The summed E-state index contributed by atoms with van der Waals surface area (Å²) in [5.74, 6) is -1.62. The van der Waals surface area contributed by atoms with Crippen LogP contribution in [0.3, 0.4) is 0 Å². The molecule has 2 heterocycles. The number of halogens is 1. The van der Waals surface area contributed by atoms with Gasteiger partial charge in [0.25, 0.3) is 0 Å². The molecule has 1 saturated heterocycles. The van der Waals surface area contributed by atoms with Crippen LogP contribution in [0.2, 0.25) is 0 Å². The second-order valence-corrected chi connectivity index (χ2v) is 5.33. The summed E-state index contributed by atoms with van der Waals surface area (Å²) in [6.07, 6.45) is -1.80. The smallest absolute Gasteiger partial charge is 0.350 e. The third-order valence-electron chi connectivity index (χ3n) is 2.80. The SMILES string of the molecule is O=c1nc(NO)c(F)cn1[C@@H]1S[C@H](CO)C(O)C1O. The van der Waals surface area contributed by atoms with Crippen molar-refractivity contribution in [3.8, 4) is 0 Å². The lowest BCUT2D eigenvalue weighted by molar-refractivity contribution is 0.0100. The molecule has 0 aromatic carbocycles. The van der Waals surface area contributed by atoms with E-state index in [1.54, 1.807) is 0 Å². The summed E-state index contributed by atoms with van der Waals surface area (Å²) in [6.45, 7) is -0.389. The molecular formula is C9H12FN3O5S. The van der Waals surface area contributed by atoms with Crippen LogP contribution in [-0.2, 0) is 0 Å². The monoisotopic (exact) mass is 293 g/mol. The zero-order valence-electron chi connectivity index (χ0n) is 9.47. The van der Waals surface area contributed by atoms with Crippen molar-refractivity contribution < 1.29 is 24.9 Å². The minimum Gasteiger partial charge on any atom is -0.395 e. The quantitative estimate of drug-likeness (QED) is 0.427. The van der Waals surface area contributed by atoms with E-state index in [1.165, 1.54) is 5.48 Å². The molecule has 1 aromatic rings. The van der Waals surface area contributed by atoms with E-state index < -0.39 is 40.2 Å². The number of anilines is 1. The van der Waals surface area contributed by atoms with Crippen molar-refractivity contribution in [2.24, 2.45) is 0 Å². The van der Waals surface area contributed by atoms with Crippen molar-refractivity contribution in [1.82, 2.24) is 9.55 Å². The van der Waals surface area contributed by atoms with Crippen LogP contribution in [0.15, 0.2) is 11.0 Å². The van der Waals surface area contributed by atoms with Gasteiger partial charge in [-0.1, -0.05) is 0 Å². The van der Waals surface area contributed by atoms with Crippen LogP contribution in [-0.4, -0.2) is 54.1 Å². The van der Waals surface area contributed by atoms with Crippen molar-refractivity contribution in [3.63, 3.8) is 0 Å². The first-order valence-corrected chi connectivity index (χ1v) is 6.25. The summed E-state index contributed by atoms with van der Waals surface area (Å²) in [7, 11) is 0. The van der Waals surface area contributed by atoms with Crippen LogP contribution in [0.1, 0.15) is 5.37 Å². The molecule has 2 unspecified atom stereocenters. The first-order chi connectivity index (χ1) is 8.99. The highest BCUT2D eigenvalue weighted by atomic mass is 32.2. The normalized spacial score (nSPS) is 30.6. The molecule has 1 aromatic heterocycles. The molecule has 1 aliphatic rings. The van der Waals surface area contributed by atoms with Gasteiger partial charge in [-0.25, -0.2) is 14.7 Å². The van der Waals surface area contributed by atoms with Crippen LogP contribution in [0, 0.1) is 5.82 Å². The average Bonchev–Trinajstić information content (AvgIpc) is 2.68. The van der Waals surface area contributed by atoms with Crippen LogP contribution in [0.25, 0.3) is 0 Å². The maximum Gasteiger partial charge on any atom is 0.350 e. The summed E-state index contributed by atoms with van der Waals surface area (Å²) in [4.78, 5) is 14.9. The van der Waals surface area contributed by atoms with E-state index >= 15 is 0 Å². The zero-order chi connectivity index (χ0) is 14.2. The molecule has 0 saturated carbocycles. The Morgan fingerprint density at radius 1 is 1.47 bits per heavy atom. The van der Waals surface area contributed by atoms with E-state index in [2.05, 4.69) is 4.98 Å². The summed E-state index contributed by atoms with van der Waals surface area (Å²) >= 11 is 0.940. The predicted octanol–water partition coefficient (Wildman–Crippen LogP) is -1.49. The predicted molar refractivity (Wildman–Crippen MR) is 63.4 cm³/mol. The molecule has 0 bridgehead atoms. The standard InChI is InChI=1S/C9H12FN3O5S/c10-3-1-13(9(17)11-7(3)12-18)8-6(16)5(15)4(2-14)19-8/h1,4-6,8,14-16,18H,2H2,(H,11,12,17)/t4-,5?,6?,8-/m1/s1. The minimum atomic E-state index is -1.34. The van der Waals surface area contributed by atoms with Gasteiger partial charge < -0.3 is 15.3 Å². The molecular weight excluding hydrogens is 281 g/mol. The Balaban J connectivity index is 2.38. The third-order valence-corrected chi connectivity index (χ3v) is 4.37. The summed E-state index contributed by atoms with van der Waals surface area (Å²) in [6, 6.07) is 0. The van der Waals surface area contributed by atoms with Crippen molar-refractivity contribution >= 4 is 17.6 Å². The van der Waals surface area contributed by atoms with Crippen LogP contribution in [0.5, 0.6) is 0 Å². The van der Waals surface area contributed by atoms with E-state index in [0.29, 0.717) is 0 Å². The van der Waals surface area contributed by atoms with Crippen molar-refractivity contribution in [2.45, 2.75) is 22.8 Å². The molecule has 1 aliphatic heterocycles. The molecule has 0 spiro atoms. The lowest BCUT2D eigenvalue weighted by Crippen LogP contribution is -2.36. The van der Waals surface area contributed by atoms with Crippen LogP contribution in [0.4, 0.5) is 10.2 Å². The first-order valence-electron chi connectivity index (χ1n) is 5.30. The highest BCUT2D eigenvalue weighted by Crippen LogP contribution is 2.41. The average molecular weight is 293 g/mol. The number of nitrogens with one attached hydrogen (secondary N) is 1. The molecule has 0 radical (unpaired) electrons. The summed E-state index contributed by atoms with van der Waals surface area (Å²) in [5, 5.41) is 35.4. The van der Waals surface area contributed by atoms with Crippen molar-refractivity contribution in [1.29, 1.82) is 0 Å². The molecule has 106 valence electrons.